The predicted molar refractivity (Wildman–Crippen MR) is 108 cm³/mol. The van der Waals surface area contributed by atoms with Crippen molar-refractivity contribution < 1.29 is 14.3 Å². The molecule has 0 spiro atoms. The van der Waals surface area contributed by atoms with E-state index in [1.807, 2.05) is 43.0 Å². The number of carbonyl (C=O) groups excluding carboxylic acids is 1. The number of benzene rings is 1. The van der Waals surface area contributed by atoms with Crippen LogP contribution in [0, 0.1) is 0 Å². The van der Waals surface area contributed by atoms with Crippen molar-refractivity contribution >= 4 is 17.7 Å². The van der Waals surface area contributed by atoms with Gasteiger partial charge >= 0.3 is 0 Å². The van der Waals surface area contributed by atoms with Crippen molar-refractivity contribution in [1.29, 1.82) is 0 Å². The normalized spacial score (nSPS) is 18.2. The number of amides is 1. The molecule has 0 saturated carbocycles. The summed E-state index contributed by atoms with van der Waals surface area (Å²) in [5.74, 6) is 2.86. The van der Waals surface area contributed by atoms with Crippen LogP contribution in [-0.4, -0.2) is 61.2 Å². The molecule has 0 aliphatic carbocycles. The number of rotatable bonds is 10. The minimum atomic E-state index is 0.0856. The van der Waals surface area contributed by atoms with E-state index < -0.39 is 0 Å². The van der Waals surface area contributed by atoms with Gasteiger partial charge in [0.25, 0.3) is 0 Å². The lowest BCUT2D eigenvalue weighted by Crippen LogP contribution is -2.40. The molecule has 1 aromatic carbocycles. The largest absolute Gasteiger partial charge is 0.494 e. The van der Waals surface area contributed by atoms with Gasteiger partial charge in [-0.3, -0.25) is 9.69 Å². The van der Waals surface area contributed by atoms with Crippen LogP contribution in [0.5, 0.6) is 11.5 Å². The number of likely N-dealkylation sites (tertiary alicyclic amines) is 1. The summed E-state index contributed by atoms with van der Waals surface area (Å²) in [6, 6.07) is 7.55. The Morgan fingerprint density at radius 1 is 1.19 bits per heavy atom. The van der Waals surface area contributed by atoms with Crippen LogP contribution in [0.4, 0.5) is 0 Å². The summed E-state index contributed by atoms with van der Waals surface area (Å²) in [6.45, 7) is 8.34. The van der Waals surface area contributed by atoms with Crippen LogP contribution < -0.4 is 14.8 Å². The van der Waals surface area contributed by atoms with E-state index in [-0.39, 0.29) is 5.91 Å². The Labute approximate surface area is 161 Å². The van der Waals surface area contributed by atoms with Crippen molar-refractivity contribution in [3.63, 3.8) is 0 Å². The molecule has 1 heterocycles. The molecular formula is C20H32N2O3S. The summed E-state index contributed by atoms with van der Waals surface area (Å²) in [6.07, 6.45) is 3.73. The maximum Gasteiger partial charge on any atom is 0.234 e. The number of nitrogens with zero attached hydrogens (tertiary/aromatic N) is 1. The highest BCUT2D eigenvalue weighted by molar-refractivity contribution is 7.99. The summed E-state index contributed by atoms with van der Waals surface area (Å²) in [4.78, 5) is 14.5. The zero-order valence-corrected chi connectivity index (χ0v) is 16.9. The SMILES string of the molecule is CCOc1ccc(OCCNC(=O)CN2CCCCC(SCC)C2)cc1. The van der Waals surface area contributed by atoms with Crippen LogP contribution in [-0.2, 0) is 4.79 Å². The van der Waals surface area contributed by atoms with E-state index in [0.29, 0.717) is 31.6 Å². The summed E-state index contributed by atoms with van der Waals surface area (Å²) in [5.41, 5.74) is 0. The zero-order chi connectivity index (χ0) is 18.6. The first kappa shape index (κ1) is 20.9. The Kier molecular flexibility index (Phi) is 9.71. The highest BCUT2D eigenvalue weighted by Gasteiger charge is 2.19. The fraction of sp³-hybridized carbons (Fsp3) is 0.650. The Morgan fingerprint density at radius 3 is 2.62 bits per heavy atom. The van der Waals surface area contributed by atoms with E-state index in [9.17, 15) is 4.79 Å². The van der Waals surface area contributed by atoms with Crippen molar-refractivity contribution in [2.75, 3.05) is 45.1 Å². The van der Waals surface area contributed by atoms with Gasteiger partial charge in [-0.05, 0) is 56.3 Å². The number of hydrogen-bond acceptors (Lipinski definition) is 5. The standard InChI is InChI=1S/C20H32N2O3S/c1-3-24-17-8-10-18(11-9-17)25-14-12-21-20(23)16-22-13-6-5-7-19(15-22)26-4-2/h8-11,19H,3-7,12-16H2,1-2H3,(H,21,23). The molecule has 1 N–H and O–H groups in total. The minimum absolute atomic E-state index is 0.0856. The van der Waals surface area contributed by atoms with Gasteiger partial charge in [-0.25, -0.2) is 0 Å². The lowest BCUT2D eigenvalue weighted by Gasteiger charge is -2.23. The van der Waals surface area contributed by atoms with Crippen LogP contribution in [0.25, 0.3) is 0 Å². The summed E-state index contributed by atoms with van der Waals surface area (Å²) in [7, 11) is 0. The average molecular weight is 381 g/mol. The van der Waals surface area contributed by atoms with Crippen LogP contribution in [0.15, 0.2) is 24.3 Å². The first-order valence-electron chi connectivity index (χ1n) is 9.67. The molecule has 0 aromatic heterocycles. The molecule has 1 aliphatic rings. The highest BCUT2D eigenvalue weighted by Crippen LogP contribution is 2.21. The van der Waals surface area contributed by atoms with Gasteiger partial charge in [-0.15, -0.1) is 0 Å². The lowest BCUT2D eigenvalue weighted by molar-refractivity contribution is -0.122. The smallest absolute Gasteiger partial charge is 0.234 e. The summed E-state index contributed by atoms with van der Waals surface area (Å²) in [5, 5.41) is 3.63. The fourth-order valence-electron chi connectivity index (χ4n) is 3.11. The quantitative estimate of drug-likeness (QED) is 0.632. The van der Waals surface area contributed by atoms with Gasteiger partial charge < -0.3 is 14.8 Å². The van der Waals surface area contributed by atoms with Crippen molar-refractivity contribution in [3.8, 4) is 11.5 Å². The van der Waals surface area contributed by atoms with Gasteiger partial charge in [-0.2, -0.15) is 11.8 Å². The van der Waals surface area contributed by atoms with Crippen molar-refractivity contribution in [1.82, 2.24) is 10.2 Å². The molecule has 2 rings (SSSR count). The molecule has 6 heteroatoms. The number of nitrogens with one attached hydrogen (secondary N) is 1. The predicted octanol–water partition coefficient (Wildman–Crippen LogP) is 3.19. The molecule has 26 heavy (non-hydrogen) atoms. The molecule has 5 nitrogen and oxygen atoms in total. The Hall–Kier alpha value is -1.40. The van der Waals surface area contributed by atoms with E-state index in [1.165, 1.54) is 19.3 Å². The molecule has 1 aliphatic heterocycles. The topological polar surface area (TPSA) is 50.8 Å². The highest BCUT2D eigenvalue weighted by atomic mass is 32.2. The number of carbonyl (C=O) groups is 1. The van der Waals surface area contributed by atoms with Crippen LogP contribution >= 0.6 is 11.8 Å². The van der Waals surface area contributed by atoms with Crippen LogP contribution in [0.1, 0.15) is 33.1 Å². The third-order valence-electron chi connectivity index (χ3n) is 4.31. The molecule has 1 fully saturated rings. The number of hydrogen-bond donors (Lipinski definition) is 1. The Bertz CT molecular complexity index is 524. The monoisotopic (exact) mass is 380 g/mol. The molecule has 0 bridgehead atoms. The third kappa shape index (κ3) is 7.87. The molecule has 1 atom stereocenters. The Morgan fingerprint density at radius 2 is 1.92 bits per heavy atom. The van der Waals surface area contributed by atoms with Crippen molar-refractivity contribution in [3.05, 3.63) is 24.3 Å². The van der Waals surface area contributed by atoms with Gasteiger partial charge in [0.1, 0.15) is 18.1 Å². The fourth-order valence-corrected chi connectivity index (χ4v) is 4.23. The number of thioether (sulfide) groups is 1. The average Bonchev–Trinajstić information content (AvgIpc) is 2.86. The zero-order valence-electron chi connectivity index (χ0n) is 16.0. The van der Waals surface area contributed by atoms with Crippen molar-refractivity contribution in [2.45, 2.75) is 38.4 Å². The first-order chi connectivity index (χ1) is 12.7. The second-order valence-electron chi connectivity index (χ2n) is 6.41. The maximum absolute atomic E-state index is 12.2. The molecule has 1 unspecified atom stereocenters. The molecule has 1 aromatic rings. The lowest BCUT2D eigenvalue weighted by atomic mass is 10.2. The van der Waals surface area contributed by atoms with Crippen LogP contribution in [0.3, 0.4) is 0 Å². The van der Waals surface area contributed by atoms with Crippen molar-refractivity contribution in [2.24, 2.45) is 0 Å². The van der Waals surface area contributed by atoms with E-state index in [1.54, 1.807) is 0 Å². The van der Waals surface area contributed by atoms with Gasteiger partial charge in [-0.1, -0.05) is 13.3 Å². The Balaban J connectivity index is 1.63. The van der Waals surface area contributed by atoms with E-state index in [2.05, 4.69) is 17.1 Å². The molecule has 1 amide bonds. The summed E-state index contributed by atoms with van der Waals surface area (Å²) < 4.78 is 11.1. The summed E-state index contributed by atoms with van der Waals surface area (Å²) >= 11 is 2.02. The maximum atomic E-state index is 12.2. The van der Waals surface area contributed by atoms with E-state index >= 15 is 0 Å². The molecule has 146 valence electrons. The van der Waals surface area contributed by atoms with E-state index in [0.717, 1.165) is 30.3 Å². The molecule has 1 saturated heterocycles. The first-order valence-corrected chi connectivity index (χ1v) is 10.7. The van der Waals surface area contributed by atoms with Crippen LogP contribution in [0.2, 0.25) is 0 Å². The van der Waals surface area contributed by atoms with Gasteiger partial charge in [0.05, 0.1) is 19.7 Å². The second-order valence-corrected chi connectivity index (χ2v) is 7.99. The third-order valence-corrected chi connectivity index (χ3v) is 5.50. The second kappa shape index (κ2) is 12.1. The van der Waals surface area contributed by atoms with Gasteiger partial charge in [0.2, 0.25) is 5.91 Å². The number of ether oxygens (including phenoxy) is 2. The van der Waals surface area contributed by atoms with Gasteiger partial charge in [0, 0.05) is 11.8 Å². The van der Waals surface area contributed by atoms with Gasteiger partial charge in [0.15, 0.2) is 0 Å². The molecule has 0 radical (unpaired) electrons. The minimum Gasteiger partial charge on any atom is -0.494 e. The molecular weight excluding hydrogens is 348 g/mol. The van der Waals surface area contributed by atoms with E-state index in [4.69, 9.17) is 9.47 Å².